The van der Waals surface area contributed by atoms with Gasteiger partial charge in [0.2, 0.25) is 0 Å². The normalized spacial score (nSPS) is 51.5. The Morgan fingerprint density at radius 3 is 2.45 bits per heavy atom. The minimum atomic E-state index is -1.62. The van der Waals surface area contributed by atoms with Gasteiger partial charge in [-0.2, -0.15) is 0 Å². The molecule has 0 saturated carbocycles. The first-order valence-electron chi connectivity index (χ1n) is 3.37. The maximum absolute atomic E-state index is 12.8. The molecule has 11 heavy (non-hydrogen) atoms. The third-order valence-corrected chi connectivity index (χ3v) is 1.96. The van der Waals surface area contributed by atoms with Crippen molar-refractivity contribution >= 4 is 7.85 Å². The molecule has 2 N–H and O–H groups in total. The van der Waals surface area contributed by atoms with Crippen LogP contribution < -0.4 is 0 Å². The first-order valence-corrected chi connectivity index (χ1v) is 3.37. The van der Waals surface area contributed by atoms with Gasteiger partial charge in [0.1, 0.15) is 25.7 Å². The van der Waals surface area contributed by atoms with E-state index >= 15 is 0 Å². The van der Waals surface area contributed by atoms with Crippen molar-refractivity contribution in [2.45, 2.75) is 30.8 Å². The molecular weight excluding hydrogens is 150 g/mol. The molecule has 1 aliphatic heterocycles. The van der Waals surface area contributed by atoms with Crippen molar-refractivity contribution in [1.29, 1.82) is 0 Å². The smallest absolute Gasteiger partial charge is 0.146 e. The van der Waals surface area contributed by atoms with E-state index in [4.69, 9.17) is 22.8 Å². The molecule has 1 unspecified atom stereocenters. The van der Waals surface area contributed by atoms with Crippen molar-refractivity contribution in [2.24, 2.45) is 0 Å². The third-order valence-electron chi connectivity index (χ3n) is 1.96. The van der Waals surface area contributed by atoms with E-state index < -0.39 is 30.5 Å². The van der Waals surface area contributed by atoms with Gasteiger partial charge in [-0.05, 0) is 6.92 Å². The molecule has 1 heterocycles. The van der Waals surface area contributed by atoms with Crippen LogP contribution in [0.2, 0.25) is 0 Å². The summed E-state index contributed by atoms with van der Waals surface area (Å²) >= 11 is 0. The van der Waals surface area contributed by atoms with Crippen LogP contribution in [0.25, 0.3) is 0 Å². The predicted octanol–water partition coefficient (Wildman–Crippen LogP) is -1.04. The van der Waals surface area contributed by atoms with E-state index in [1.165, 1.54) is 6.92 Å². The summed E-state index contributed by atoms with van der Waals surface area (Å²) in [6, 6.07) is -1.14. The van der Waals surface area contributed by atoms with E-state index in [0.717, 1.165) is 0 Å². The van der Waals surface area contributed by atoms with E-state index in [2.05, 4.69) is 0 Å². The van der Waals surface area contributed by atoms with Crippen LogP contribution in [0.4, 0.5) is 4.39 Å². The monoisotopic (exact) mass is 160 g/mol. The highest BCUT2D eigenvalue weighted by atomic mass is 19.1. The molecule has 4 atom stereocenters. The molecule has 0 amide bonds. The number of aliphatic hydroxyl groups excluding tert-OH is 2. The lowest BCUT2D eigenvalue weighted by Crippen LogP contribution is -2.42. The second-order valence-corrected chi connectivity index (χ2v) is 2.94. The minimum absolute atomic E-state index is 0.442. The fourth-order valence-electron chi connectivity index (χ4n) is 1.09. The van der Waals surface area contributed by atoms with Crippen LogP contribution >= 0.6 is 0 Å². The lowest BCUT2D eigenvalue weighted by Gasteiger charge is -2.24. The van der Waals surface area contributed by atoms with Crippen LogP contribution in [-0.4, -0.2) is 48.5 Å². The maximum Gasteiger partial charge on any atom is 0.146 e. The second kappa shape index (κ2) is 2.73. The van der Waals surface area contributed by atoms with Gasteiger partial charge in [-0.25, -0.2) is 4.39 Å². The number of ether oxygens (including phenoxy) is 1. The van der Waals surface area contributed by atoms with Crippen LogP contribution in [0, 0.1) is 0 Å². The lowest BCUT2D eigenvalue weighted by molar-refractivity contribution is -0.0852. The van der Waals surface area contributed by atoms with Gasteiger partial charge in [0.05, 0.1) is 12.6 Å². The van der Waals surface area contributed by atoms with Crippen molar-refractivity contribution in [3.8, 4) is 0 Å². The Morgan fingerprint density at radius 1 is 1.73 bits per heavy atom. The van der Waals surface area contributed by atoms with Crippen LogP contribution in [0.1, 0.15) is 6.92 Å². The highest BCUT2D eigenvalue weighted by molar-refractivity contribution is 6.11. The standard InChI is InChI=1S/C6H10BFO3/c1-6(2-9)4(10)3(8)5(7)11-6/h3-5,9-10H,2H2,1H3/t3-,4?,5-,6+/m1/s1. The van der Waals surface area contributed by atoms with Crippen molar-refractivity contribution in [3.63, 3.8) is 0 Å². The largest absolute Gasteiger partial charge is 0.393 e. The van der Waals surface area contributed by atoms with Gasteiger partial charge < -0.3 is 14.9 Å². The summed E-state index contributed by atoms with van der Waals surface area (Å²) < 4.78 is 17.6. The van der Waals surface area contributed by atoms with Gasteiger partial charge in [-0.3, -0.25) is 0 Å². The van der Waals surface area contributed by atoms with Gasteiger partial charge in [0, 0.05) is 0 Å². The molecule has 3 nitrogen and oxygen atoms in total. The maximum atomic E-state index is 12.8. The van der Waals surface area contributed by atoms with Crippen molar-refractivity contribution < 1.29 is 19.3 Å². The Labute approximate surface area is 65.6 Å². The zero-order valence-electron chi connectivity index (χ0n) is 6.20. The summed E-state index contributed by atoms with van der Waals surface area (Å²) in [6.45, 7) is 0.972. The molecule has 0 aromatic heterocycles. The number of aliphatic hydroxyl groups is 2. The molecule has 1 aliphatic rings. The topological polar surface area (TPSA) is 49.7 Å². The molecule has 0 aromatic rings. The van der Waals surface area contributed by atoms with Gasteiger partial charge in [0.15, 0.2) is 0 Å². The molecule has 1 rings (SSSR count). The van der Waals surface area contributed by atoms with E-state index in [1.54, 1.807) is 0 Å². The highest BCUT2D eigenvalue weighted by Gasteiger charge is 2.49. The second-order valence-electron chi connectivity index (χ2n) is 2.94. The van der Waals surface area contributed by atoms with Gasteiger partial charge in [-0.15, -0.1) is 0 Å². The van der Waals surface area contributed by atoms with E-state index in [0.29, 0.717) is 0 Å². The Bertz CT molecular complexity index is 157. The molecular formula is C6H10BFO3. The predicted molar refractivity (Wildman–Crippen MR) is 37.0 cm³/mol. The fraction of sp³-hybridized carbons (Fsp3) is 1.00. The van der Waals surface area contributed by atoms with Crippen LogP contribution in [0.15, 0.2) is 0 Å². The first kappa shape index (κ1) is 8.97. The van der Waals surface area contributed by atoms with Crippen LogP contribution in [-0.2, 0) is 4.74 Å². The summed E-state index contributed by atoms with van der Waals surface area (Å²) in [7, 11) is 5.15. The van der Waals surface area contributed by atoms with Crippen molar-refractivity contribution in [3.05, 3.63) is 0 Å². The summed E-state index contributed by atoms with van der Waals surface area (Å²) in [6.07, 6.45) is -2.96. The number of rotatable bonds is 1. The summed E-state index contributed by atoms with van der Waals surface area (Å²) in [5.74, 6) is 0. The molecule has 1 fully saturated rings. The van der Waals surface area contributed by atoms with Gasteiger partial charge in [0.25, 0.3) is 0 Å². The molecule has 0 spiro atoms. The molecule has 0 bridgehead atoms. The van der Waals surface area contributed by atoms with Crippen LogP contribution in [0.3, 0.4) is 0 Å². The molecule has 1 saturated heterocycles. The summed E-state index contributed by atoms with van der Waals surface area (Å²) in [5, 5.41) is 17.9. The number of halogens is 1. The molecule has 62 valence electrons. The Balaban J connectivity index is 2.73. The van der Waals surface area contributed by atoms with E-state index in [1.807, 2.05) is 0 Å². The minimum Gasteiger partial charge on any atom is -0.393 e. The zero-order chi connectivity index (χ0) is 8.65. The molecule has 0 aliphatic carbocycles. The summed E-state index contributed by atoms with van der Waals surface area (Å²) in [4.78, 5) is 0. The van der Waals surface area contributed by atoms with Crippen molar-refractivity contribution in [2.75, 3.05) is 6.61 Å². The zero-order valence-corrected chi connectivity index (χ0v) is 6.20. The number of hydrogen-bond donors (Lipinski definition) is 2. The molecule has 0 aromatic carbocycles. The SMILES string of the molecule is [B][C@@H]1O[C@@](C)(CO)C(O)[C@H]1F. The third kappa shape index (κ3) is 1.28. The van der Waals surface area contributed by atoms with E-state index in [-0.39, 0.29) is 0 Å². The number of alkyl halides is 1. The molecule has 5 heteroatoms. The molecule has 2 radical (unpaired) electrons. The van der Waals surface area contributed by atoms with Crippen LogP contribution in [0.5, 0.6) is 0 Å². The Hall–Kier alpha value is -0.125. The fourth-order valence-corrected chi connectivity index (χ4v) is 1.09. The Kier molecular flexibility index (Phi) is 2.23. The van der Waals surface area contributed by atoms with Gasteiger partial charge >= 0.3 is 0 Å². The van der Waals surface area contributed by atoms with E-state index in [9.17, 15) is 4.39 Å². The highest BCUT2D eigenvalue weighted by Crippen LogP contribution is 2.30. The lowest BCUT2D eigenvalue weighted by atomic mass is 9.91. The first-order chi connectivity index (χ1) is 5.01. The van der Waals surface area contributed by atoms with Crippen molar-refractivity contribution in [1.82, 2.24) is 0 Å². The summed E-state index contributed by atoms with van der Waals surface area (Å²) in [5.41, 5.74) is -1.25. The quantitative estimate of drug-likeness (QED) is 0.481. The Morgan fingerprint density at radius 2 is 2.27 bits per heavy atom. The average Bonchev–Trinajstić information content (AvgIpc) is 2.17. The average molecular weight is 160 g/mol. The van der Waals surface area contributed by atoms with Gasteiger partial charge in [-0.1, -0.05) is 0 Å². The number of hydrogen-bond acceptors (Lipinski definition) is 3.